The molecule has 6 nitrogen and oxygen atoms in total. The van der Waals surface area contributed by atoms with Crippen LogP contribution in [0.15, 0.2) is 53.5 Å². The van der Waals surface area contributed by atoms with Gasteiger partial charge in [0.1, 0.15) is 18.5 Å². The first-order chi connectivity index (χ1) is 14.2. The predicted octanol–water partition coefficient (Wildman–Crippen LogP) is 3.17. The summed E-state index contributed by atoms with van der Waals surface area (Å²) < 4.78 is 16.7. The van der Waals surface area contributed by atoms with E-state index >= 15 is 0 Å². The number of morpholine rings is 1. The van der Waals surface area contributed by atoms with Gasteiger partial charge < -0.3 is 24.4 Å². The highest BCUT2D eigenvalue weighted by Gasteiger charge is 2.25. The summed E-state index contributed by atoms with van der Waals surface area (Å²) in [6, 6.07) is 16.5. The second-order valence-corrected chi connectivity index (χ2v) is 7.05. The van der Waals surface area contributed by atoms with Gasteiger partial charge in [0.15, 0.2) is 5.96 Å². The van der Waals surface area contributed by atoms with E-state index in [1.54, 1.807) is 7.11 Å². The fourth-order valence-corrected chi connectivity index (χ4v) is 3.44. The van der Waals surface area contributed by atoms with Gasteiger partial charge in [-0.05, 0) is 35.7 Å². The van der Waals surface area contributed by atoms with Crippen molar-refractivity contribution in [2.75, 3.05) is 47.1 Å². The van der Waals surface area contributed by atoms with Crippen LogP contribution in [0, 0.1) is 6.92 Å². The molecule has 1 aliphatic rings. The lowest BCUT2D eigenvalue weighted by Crippen LogP contribution is -2.48. The average molecular weight is 398 g/mol. The van der Waals surface area contributed by atoms with Crippen molar-refractivity contribution in [2.45, 2.75) is 19.6 Å². The highest BCUT2D eigenvalue weighted by atomic mass is 16.5. The first-order valence-electron chi connectivity index (χ1n) is 10.0. The van der Waals surface area contributed by atoms with Crippen LogP contribution >= 0.6 is 0 Å². The maximum atomic E-state index is 6.04. The van der Waals surface area contributed by atoms with Crippen molar-refractivity contribution < 1.29 is 14.2 Å². The number of methoxy groups -OCH3 is 1. The molecule has 1 saturated heterocycles. The average Bonchev–Trinajstić information content (AvgIpc) is 2.76. The standard InChI is InChI=1S/C23H31N3O3/c1-18-6-4-5-7-21(18)22-17-26(12-13-29-22)23(24-2)25-16-19-8-10-20(11-9-19)28-15-14-27-3/h4-11,22H,12-17H2,1-3H3,(H,24,25). The minimum atomic E-state index is 0.0621. The topological polar surface area (TPSA) is 55.3 Å². The fraction of sp³-hybridized carbons (Fsp3) is 0.435. The molecule has 0 spiro atoms. The van der Waals surface area contributed by atoms with Crippen molar-refractivity contribution in [1.29, 1.82) is 0 Å². The second kappa shape index (κ2) is 10.8. The van der Waals surface area contributed by atoms with Crippen molar-refractivity contribution in [1.82, 2.24) is 10.2 Å². The Morgan fingerprint density at radius 2 is 1.97 bits per heavy atom. The zero-order chi connectivity index (χ0) is 20.5. The monoisotopic (exact) mass is 397 g/mol. The lowest BCUT2D eigenvalue weighted by Gasteiger charge is -2.35. The summed E-state index contributed by atoms with van der Waals surface area (Å²) in [6.45, 7) is 6.28. The molecule has 0 aromatic heterocycles. The van der Waals surface area contributed by atoms with E-state index in [1.807, 2.05) is 19.2 Å². The van der Waals surface area contributed by atoms with E-state index in [2.05, 4.69) is 58.5 Å². The van der Waals surface area contributed by atoms with E-state index in [-0.39, 0.29) is 6.10 Å². The Kier molecular flexibility index (Phi) is 7.90. The maximum Gasteiger partial charge on any atom is 0.194 e. The van der Waals surface area contributed by atoms with Crippen LogP contribution in [0.5, 0.6) is 5.75 Å². The molecular weight excluding hydrogens is 366 g/mol. The third-order valence-corrected chi connectivity index (χ3v) is 5.04. The number of rotatable bonds is 7. The Balaban J connectivity index is 1.55. The van der Waals surface area contributed by atoms with Crippen molar-refractivity contribution in [3.05, 3.63) is 65.2 Å². The van der Waals surface area contributed by atoms with Gasteiger partial charge in [-0.1, -0.05) is 36.4 Å². The van der Waals surface area contributed by atoms with Crippen LogP contribution in [0.4, 0.5) is 0 Å². The Hall–Kier alpha value is -2.57. The largest absolute Gasteiger partial charge is 0.491 e. The number of benzene rings is 2. The van der Waals surface area contributed by atoms with Gasteiger partial charge in [-0.25, -0.2) is 0 Å². The molecule has 156 valence electrons. The van der Waals surface area contributed by atoms with E-state index in [0.717, 1.165) is 24.8 Å². The van der Waals surface area contributed by atoms with Crippen LogP contribution in [-0.2, 0) is 16.0 Å². The molecule has 1 fully saturated rings. The van der Waals surface area contributed by atoms with Crippen LogP contribution in [0.25, 0.3) is 0 Å². The molecule has 1 unspecified atom stereocenters. The predicted molar refractivity (Wildman–Crippen MR) is 115 cm³/mol. The van der Waals surface area contributed by atoms with Crippen LogP contribution in [0.2, 0.25) is 0 Å². The van der Waals surface area contributed by atoms with Gasteiger partial charge in [0, 0.05) is 27.2 Å². The molecule has 29 heavy (non-hydrogen) atoms. The van der Waals surface area contributed by atoms with Gasteiger partial charge in [-0.15, -0.1) is 0 Å². The summed E-state index contributed by atoms with van der Waals surface area (Å²) in [7, 11) is 3.50. The number of hydrogen-bond acceptors (Lipinski definition) is 4. The minimum Gasteiger partial charge on any atom is -0.491 e. The Bertz CT molecular complexity index is 792. The van der Waals surface area contributed by atoms with Crippen LogP contribution in [0.3, 0.4) is 0 Å². The fourth-order valence-electron chi connectivity index (χ4n) is 3.44. The third-order valence-electron chi connectivity index (χ3n) is 5.04. The van der Waals surface area contributed by atoms with E-state index in [9.17, 15) is 0 Å². The van der Waals surface area contributed by atoms with Crippen molar-refractivity contribution >= 4 is 5.96 Å². The van der Waals surface area contributed by atoms with Crippen molar-refractivity contribution in [3.63, 3.8) is 0 Å². The van der Waals surface area contributed by atoms with E-state index < -0.39 is 0 Å². The van der Waals surface area contributed by atoms with E-state index in [4.69, 9.17) is 14.2 Å². The molecule has 0 bridgehead atoms. The lowest BCUT2D eigenvalue weighted by atomic mass is 10.0. The number of aliphatic imine (C=N–C) groups is 1. The smallest absolute Gasteiger partial charge is 0.194 e. The van der Waals surface area contributed by atoms with Gasteiger partial charge in [-0.2, -0.15) is 0 Å². The normalized spacial score (nSPS) is 17.3. The molecule has 3 rings (SSSR count). The molecule has 2 aromatic carbocycles. The molecule has 0 amide bonds. The molecule has 1 heterocycles. The molecule has 0 aliphatic carbocycles. The molecule has 0 saturated carbocycles. The minimum absolute atomic E-state index is 0.0621. The number of guanidine groups is 1. The summed E-state index contributed by atoms with van der Waals surface area (Å²) in [5, 5.41) is 3.47. The Labute approximate surface area is 173 Å². The quantitative estimate of drug-likeness (QED) is 0.442. The van der Waals surface area contributed by atoms with Crippen LogP contribution in [0.1, 0.15) is 22.8 Å². The molecule has 1 atom stereocenters. The number of nitrogens with zero attached hydrogens (tertiary/aromatic N) is 2. The number of ether oxygens (including phenoxy) is 3. The van der Waals surface area contributed by atoms with E-state index in [1.165, 1.54) is 16.7 Å². The van der Waals surface area contributed by atoms with E-state index in [0.29, 0.717) is 26.4 Å². The molecule has 1 aliphatic heterocycles. The summed E-state index contributed by atoms with van der Waals surface area (Å²) in [5.41, 5.74) is 3.68. The van der Waals surface area contributed by atoms with Crippen molar-refractivity contribution in [3.8, 4) is 5.75 Å². The van der Waals surface area contributed by atoms with Gasteiger partial charge in [0.25, 0.3) is 0 Å². The highest BCUT2D eigenvalue weighted by Crippen LogP contribution is 2.25. The van der Waals surface area contributed by atoms with Crippen LogP contribution in [-0.4, -0.2) is 57.9 Å². The maximum absolute atomic E-state index is 6.04. The first-order valence-corrected chi connectivity index (χ1v) is 10.0. The number of aryl methyl sites for hydroxylation is 1. The zero-order valence-corrected chi connectivity index (χ0v) is 17.6. The first kappa shape index (κ1) is 21.1. The highest BCUT2D eigenvalue weighted by molar-refractivity contribution is 5.80. The molecule has 2 aromatic rings. The van der Waals surface area contributed by atoms with Gasteiger partial charge in [0.2, 0.25) is 0 Å². The zero-order valence-electron chi connectivity index (χ0n) is 17.6. The summed E-state index contributed by atoms with van der Waals surface area (Å²) >= 11 is 0. The van der Waals surface area contributed by atoms with Gasteiger partial charge >= 0.3 is 0 Å². The molecule has 1 N–H and O–H groups in total. The molecule has 6 heteroatoms. The Morgan fingerprint density at radius 3 is 2.69 bits per heavy atom. The summed E-state index contributed by atoms with van der Waals surface area (Å²) in [5.74, 6) is 1.75. The summed E-state index contributed by atoms with van der Waals surface area (Å²) in [6.07, 6.45) is 0.0621. The Morgan fingerprint density at radius 1 is 1.17 bits per heavy atom. The molecular formula is C23H31N3O3. The number of nitrogens with one attached hydrogen (secondary N) is 1. The summed E-state index contributed by atoms with van der Waals surface area (Å²) in [4.78, 5) is 6.75. The second-order valence-electron chi connectivity index (χ2n) is 7.05. The molecule has 0 radical (unpaired) electrons. The van der Waals surface area contributed by atoms with Gasteiger partial charge in [-0.3, -0.25) is 4.99 Å². The SMILES string of the molecule is CN=C(NCc1ccc(OCCOC)cc1)N1CCOC(c2ccccc2C)C1. The van der Waals surface area contributed by atoms with Crippen LogP contribution < -0.4 is 10.1 Å². The lowest BCUT2D eigenvalue weighted by molar-refractivity contribution is -0.00833. The third kappa shape index (κ3) is 5.95. The van der Waals surface area contributed by atoms with Gasteiger partial charge in [0.05, 0.1) is 19.8 Å². The number of hydrogen-bond donors (Lipinski definition) is 1. The van der Waals surface area contributed by atoms with Crippen molar-refractivity contribution in [2.24, 2.45) is 4.99 Å².